The second-order valence-electron chi connectivity index (χ2n) is 14.6. The summed E-state index contributed by atoms with van der Waals surface area (Å²) in [6.45, 7) is 3.66. The molecule has 0 heterocycles. The number of unbranched alkanes of at least 4 members (excludes halogenated alkanes) is 20. The fraction of sp³-hybridized carbons (Fsp3) is 0.778. The molecular formula is C45H82NO8P. The Morgan fingerprint density at radius 1 is 0.545 bits per heavy atom. The molecular weight excluding hydrogens is 713 g/mol. The Hall–Kier alpha value is -2.03. The molecule has 55 heavy (non-hydrogen) atoms. The van der Waals surface area contributed by atoms with Crippen molar-refractivity contribution in [2.75, 3.05) is 26.4 Å². The molecule has 0 spiro atoms. The molecule has 0 aromatic carbocycles. The molecule has 9 nitrogen and oxygen atoms in total. The van der Waals surface area contributed by atoms with Crippen molar-refractivity contribution in [1.29, 1.82) is 0 Å². The lowest BCUT2D eigenvalue weighted by atomic mass is 10.1. The Bertz CT molecular complexity index is 1040. The number of esters is 2. The first-order valence-corrected chi connectivity index (χ1v) is 23.6. The van der Waals surface area contributed by atoms with Crippen molar-refractivity contribution in [3.8, 4) is 0 Å². The molecule has 3 N–H and O–H groups in total. The van der Waals surface area contributed by atoms with Crippen molar-refractivity contribution < 1.29 is 37.6 Å². The van der Waals surface area contributed by atoms with Gasteiger partial charge in [-0.05, 0) is 77.0 Å². The molecule has 0 aliphatic rings. The van der Waals surface area contributed by atoms with Crippen LogP contribution in [0.2, 0.25) is 0 Å². The van der Waals surface area contributed by atoms with Crippen LogP contribution in [0.3, 0.4) is 0 Å². The lowest BCUT2D eigenvalue weighted by molar-refractivity contribution is -0.161. The summed E-state index contributed by atoms with van der Waals surface area (Å²) in [5.74, 6) is -0.875. The number of allylic oxidation sites excluding steroid dienone is 8. The third kappa shape index (κ3) is 41.4. The molecule has 0 rings (SSSR count). The summed E-state index contributed by atoms with van der Waals surface area (Å²) >= 11 is 0. The minimum atomic E-state index is -4.39. The number of ether oxygens (including phenoxy) is 2. The van der Waals surface area contributed by atoms with Gasteiger partial charge in [0.05, 0.1) is 13.2 Å². The van der Waals surface area contributed by atoms with Gasteiger partial charge >= 0.3 is 19.8 Å². The van der Waals surface area contributed by atoms with Crippen molar-refractivity contribution in [2.45, 2.75) is 200 Å². The summed E-state index contributed by atoms with van der Waals surface area (Å²) in [4.78, 5) is 34.9. The summed E-state index contributed by atoms with van der Waals surface area (Å²) in [5.41, 5.74) is 5.35. The molecule has 320 valence electrons. The molecule has 0 radical (unpaired) electrons. The van der Waals surface area contributed by atoms with Crippen LogP contribution in [0.5, 0.6) is 0 Å². The summed E-state index contributed by atoms with van der Waals surface area (Å²) in [6.07, 6.45) is 47.1. The Morgan fingerprint density at radius 3 is 1.49 bits per heavy atom. The van der Waals surface area contributed by atoms with Crippen LogP contribution < -0.4 is 5.73 Å². The first-order valence-electron chi connectivity index (χ1n) is 22.1. The molecule has 0 saturated carbocycles. The van der Waals surface area contributed by atoms with Gasteiger partial charge in [0.2, 0.25) is 0 Å². The van der Waals surface area contributed by atoms with Crippen molar-refractivity contribution in [1.82, 2.24) is 0 Å². The SMILES string of the molecule is CCCCCC=CCC=CCC=CCCCCC(=O)OCC(COP(=O)(O)OCCN)OC(=O)CCCCCCCCCCCC=CCCCCCCCC. The summed E-state index contributed by atoms with van der Waals surface area (Å²) in [6, 6.07) is 0. The first-order chi connectivity index (χ1) is 26.8. The van der Waals surface area contributed by atoms with E-state index in [2.05, 4.69) is 62.5 Å². The number of hydrogen-bond acceptors (Lipinski definition) is 8. The lowest BCUT2D eigenvalue weighted by Gasteiger charge is -2.19. The number of carbonyl (C=O) groups excluding carboxylic acids is 2. The highest BCUT2D eigenvalue weighted by Crippen LogP contribution is 2.43. The Kier molecular flexibility index (Phi) is 40.1. The van der Waals surface area contributed by atoms with Crippen LogP contribution in [-0.4, -0.2) is 49.3 Å². The highest BCUT2D eigenvalue weighted by molar-refractivity contribution is 7.47. The third-order valence-electron chi connectivity index (χ3n) is 9.19. The maximum absolute atomic E-state index is 12.6. The molecule has 0 amide bonds. The second kappa shape index (κ2) is 41.6. The second-order valence-corrected chi connectivity index (χ2v) is 16.0. The Morgan fingerprint density at radius 2 is 0.945 bits per heavy atom. The topological polar surface area (TPSA) is 134 Å². The minimum Gasteiger partial charge on any atom is -0.462 e. The molecule has 2 unspecified atom stereocenters. The monoisotopic (exact) mass is 796 g/mol. The molecule has 0 aliphatic carbocycles. The van der Waals surface area contributed by atoms with Crippen molar-refractivity contribution in [2.24, 2.45) is 5.73 Å². The standard InChI is InChI=1S/C45H82NO8P/c1-3-5-7-9-11-13-15-17-19-20-21-22-24-26-28-30-32-34-36-38-45(48)54-43(42-53-55(49,50)52-40-39-46)41-51-44(47)37-35-33-31-29-27-25-23-18-16-14-12-10-8-6-4-2/h12,14,17-19,23,27,29,43H,3-11,13,15-16,20-22,24-26,28,30-42,46H2,1-2H3,(H,49,50). The van der Waals surface area contributed by atoms with E-state index in [0.717, 1.165) is 51.4 Å². The molecule has 0 aromatic rings. The van der Waals surface area contributed by atoms with Crippen LogP contribution in [0.4, 0.5) is 0 Å². The van der Waals surface area contributed by atoms with Gasteiger partial charge in [-0.2, -0.15) is 0 Å². The maximum atomic E-state index is 12.6. The first kappa shape index (κ1) is 53.0. The van der Waals surface area contributed by atoms with Crippen LogP contribution >= 0.6 is 7.82 Å². The highest BCUT2D eigenvalue weighted by Gasteiger charge is 2.26. The van der Waals surface area contributed by atoms with E-state index < -0.39 is 32.5 Å². The number of hydrogen-bond donors (Lipinski definition) is 2. The van der Waals surface area contributed by atoms with Crippen LogP contribution in [-0.2, 0) is 32.7 Å². The number of carbonyl (C=O) groups is 2. The highest BCUT2D eigenvalue weighted by atomic mass is 31.2. The molecule has 0 aromatic heterocycles. The minimum absolute atomic E-state index is 0.0468. The van der Waals surface area contributed by atoms with Gasteiger partial charge in [-0.15, -0.1) is 0 Å². The Labute approximate surface area is 336 Å². The molecule has 0 bridgehead atoms. The van der Waals surface area contributed by atoms with E-state index >= 15 is 0 Å². The van der Waals surface area contributed by atoms with Gasteiger partial charge in [0, 0.05) is 19.4 Å². The van der Waals surface area contributed by atoms with E-state index in [4.69, 9.17) is 24.3 Å². The predicted octanol–water partition coefficient (Wildman–Crippen LogP) is 12.7. The zero-order valence-electron chi connectivity index (χ0n) is 35.2. The number of nitrogens with two attached hydrogens (primary N) is 1. The van der Waals surface area contributed by atoms with E-state index in [1.807, 2.05) is 0 Å². The fourth-order valence-corrected chi connectivity index (χ4v) is 6.64. The van der Waals surface area contributed by atoms with Gasteiger partial charge in [0.1, 0.15) is 6.61 Å². The smallest absolute Gasteiger partial charge is 0.462 e. The fourth-order valence-electron chi connectivity index (χ4n) is 5.87. The van der Waals surface area contributed by atoms with Gasteiger partial charge in [-0.3, -0.25) is 18.6 Å². The average molecular weight is 796 g/mol. The van der Waals surface area contributed by atoms with Crippen molar-refractivity contribution in [3.63, 3.8) is 0 Å². The van der Waals surface area contributed by atoms with E-state index in [1.54, 1.807) is 0 Å². The van der Waals surface area contributed by atoms with Crippen LogP contribution in [0.1, 0.15) is 194 Å². The number of phosphoric acid groups is 1. The quantitative estimate of drug-likeness (QED) is 0.0268. The van der Waals surface area contributed by atoms with Crippen molar-refractivity contribution >= 4 is 19.8 Å². The van der Waals surface area contributed by atoms with E-state index in [1.165, 1.54) is 103 Å². The van der Waals surface area contributed by atoms with Gasteiger partial charge < -0.3 is 20.1 Å². The Balaban J connectivity index is 4.19. The summed E-state index contributed by atoms with van der Waals surface area (Å²) < 4.78 is 32.7. The van der Waals surface area contributed by atoms with Crippen LogP contribution in [0.15, 0.2) is 48.6 Å². The van der Waals surface area contributed by atoms with Gasteiger partial charge in [-0.1, -0.05) is 152 Å². The van der Waals surface area contributed by atoms with Gasteiger partial charge in [0.15, 0.2) is 6.10 Å². The normalized spacial score (nSPS) is 13.7. The molecule has 0 aliphatic heterocycles. The largest absolute Gasteiger partial charge is 0.472 e. The molecule has 0 saturated heterocycles. The van der Waals surface area contributed by atoms with E-state index in [-0.39, 0.29) is 32.6 Å². The van der Waals surface area contributed by atoms with Gasteiger partial charge in [0.25, 0.3) is 0 Å². The number of phosphoric ester groups is 1. The maximum Gasteiger partial charge on any atom is 0.472 e. The van der Waals surface area contributed by atoms with Crippen molar-refractivity contribution in [3.05, 3.63) is 48.6 Å². The van der Waals surface area contributed by atoms with Crippen LogP contribution in [0, 0.1) is 0 Å². The zero-order valence-corrected chi connectivity index (χ0v) is 36.0. The van der Waals surface area contributed by atoms with Gasteiger partial charge in [-0.25, -0.2) is 4.57 Å². The zero-order chi connectivity index (χ0) is 40.3. The van der Waals surface area contributed by atoms with Crippen LogP contribution in [0.25, 0.3) is 0 Å². The summed E-state index contributed by atoms with van der Waals surface area (Å²) in [5, 5.41) is 0. The number of rotatable bonds is 41. The predicted molar refractivity (Wildman–Crippen MR) is 229 cm³/mol. The molecule has 2 atom stereocenters. The van der Waals surface area contributed by atoms with E-state index in [0.29, 0.717) is 12.8 Å². The molecule has 0 fully saturated rings. The average Bonchev–Trinajstić information content (AvgIpc) is 3.17. The van der Waals surface area contributed by atoms with E-state index in [9.17, 15) is 19.0 Å². The molecule has 10 heteroatoms. The third-order valence-corrected chi connectivity index (χ3v) is 10.2. The lowest BCUT2D eigenvalue weighted by Crippen LogP contribution is -2.29. The summed E-state index contributed by atoms with van der Waals surface area (Å²) in [7, 11) is -4.39.